The van der Waals surface area contributed by atoms with Crippen LogP contribution < -0.4 is 10.5 Å². The average Bonchev–Trinajstić information content (AvgIpc) is 2.41. The van der Waals surface area contributed by atoms with Crippen LogP contribution in [0.2, 0.25) is 5.02 Å². The van der Waals surface area contributed by atoms with E-state index in [-0.39, 0.29) is 4.90 Å². The van der Waals surface area contributed by atoms with E-state index in [1.54, 1.807) is 36.4 Å². The monoisotopic (exact) mass is 310 g/mol. The topological polar surface area (TPSA) is 72.2 Å². The maximum atomic E-state index is 12.5. The highest BCUT2D eigenvalue weighted by atomic mass is 35.5. The van der Waals surface area contributed by atoms with Gasteiger partial charge in [0.1, 0.15) is 0 Å². The van der Waals surface area contributed by atoms with Crippen LogP contribution in [-0.2, 0) is 16.4 Å². The zero-order chi connectivity index (χ0) is 14.8. The van der Waals surface area contributed by atoms with Crippen molar-refractivity contribution in [1.29, 1.82) is 0 Å². The van der Waals surface area contributed by atoms with Crippen molar-refractivity contribution >= 4 is 33.0 Å². The fraction of sp³-hybridized carbons (Fsp3) is 0.143. The lowest BCUT2D eigenvalue weighted by Gasteiger charge is -2.13. The number of benzene rings is 2. The molecule has 0 radical (unpaired) electrons. The summed E-state index contributed by atoms with van der Waals surface area (Å²) >= 11 is 5.97. The number of sulfonamides is 1. The van der Waals surface area contributed by atoms with Crippen LogP contribution >= 0.6 is 11.6 Å². The maximum Gasteiger partial charge on any atom is 0.262 e. The van der Waals surface area contributed by atoms with E-state index >= 15 is 0 Å². The number of nitrogens with one attached hydrogen (secondary N) is 1. The van der Waals surface area contributed by atoms with Gasteiger partial charge in [0.05, 0.1) is 15.6 Å². The van der Waals surface area contributed by atoms with Crippen molar-refractivity contribution in [2.75, 3.05) is 10.5 Å². The minimum Gasteiger partial charge on any atom is -0.399 e. The molecule has 0 aliphatic rings. The van der Waals surface area contributed by atoms with E-state index < -0.39 is 10.0 Å². The van der Waals surface area contributed by atoms with Crippen LogP contribution in [0.15, 0.2) is 47.4 Å². The van der Waals surface area contributed by atoms with Crippen LogP contribution in [0.1, 0.15) is 12.5 Å². The number of aryl methyl sites for hydroxylation is 1. The predicted molar refractivity (Wildman–Crippen MR) is 82.5 cm³/mol. The normalized spacial score (nSPS) is 11.3. The van der Waals surface area contributed by atoms with Crippen molar-refractivity contribution in [3.63, 3.8) is 0 Å². The molecule has 0 unspecified atom stereocenters. The van der Waals surface area contributed by atoms with Gasteiger partial charge in [-0.2, -0.15) is 0 Å². The van der Waals surface area contributed by atoms with Crippen LogP contribution in [-0.4, -0.2) is 8.42 Å². The molecule has 4 nitrogen and oxygen atoms in total. The smallest absolute Gasteiger partial charge is 0.262 e. The van der Waals surface area contributed by atoms with Gasteiger partial charge < -0.3 is 5.73 Å². The van der Waals surface area contributed by atoms with Gasteiger partial charge in [-0.25, -0.2) is 8.42 Å². The molecule has 106 valence electrons. The van der Waals surface area contributed by atoms with E-state index in [2.05, 4.69) is 4.72 Å². The highest BCUT2D eigenvalue weighted by Gasteiger charge is 2.19. The summed E-state index contributed by atoms with van der Waals surface area (Å²) in [5.74, 6) is 0. The first-order valence-corrected chi connectivity index (χ1v) is 7.96. The summed E-state index contributed by atoms with van der Waals surface area (Å²) in [6.07, 6.45) is 0.596. The average molecular weight is 311 g/mol. The van der Waals surface area contributed by atoms with Gasteiger partial charge in [0.25, 0.3) is 10.0 Å². The number of hydrogen-bond acceptors (Lipinski definition) is 3. The Morgan fingerprint density at radius 1 is 1.20 bits per heavy atom. The maximum absolute atomic E-state index is 12.5. The summed E-state index contributed by atoms with van der Waals surface area (Å²) < 4.78 is 27.4. The largest absolute Gasteiger partial charge is 0.399 e. The summed E-state index contributed by atoms with van der Waals surface area (Å²) in [4.78, 5) is 0.180. The number of anilines is 2. The van der Waals surface area contributed by atoms with E-state index in [0.29, 0.717) is 28.4 Å². The van der Waals surface area contributed by atoms with E-state index in [0.717, 1.165) is 0 Å². The van der Waals surface area contributed by atoms with Gasteiger partial charge in [-0.15, -0.1) is 0 Å². The number of nitrogens with two attached hydrogens (primary N) is 1. The van der Waals surface area contributed by atoms with Crippen LogP contribution in [0.4, 0.5) is 11.4 Å². The second kappa shape index (κ2) is 5.73. The van der Waals surface area contributed by atoms with Gasteiger partial charge in [0.15, 0.2) is 0 Å². The van der Waals surface area contributed by atoms with Crippen LogP contribution in [0.5, 0.6) is 0 Å². The van der Waals surface area contributed by atoms with E-state index in [1.165, 1.54) is 6.07 Å². The number of halogens is 1. The summed E-state index contributed by atoms with van der Waals surface area (Å²) in [5, 5.41) is 0.345. The quantitative estimate of drug-likeness (QED) is 0.851. The van der Waals surface area contributed by atoms with Gasteiger partial charge in [-0.1, -0.05) is 36.7 Å². The molecule has 2 aromatic carbocycles. The third kappa shape index (κ3) is 3.05. The Labute approximate surface area is 123 Å². The molecular weight excluding hydrogens is 296 g/mol. The first-order valence-electron chi connectivity index (χ1n) is 6.10. The fourth-order valence-corrected chi connectivity index (χ4v) is 3.52. The van der Waals surface area contributed by atoms with Crippen molar-refractivity contribution in [2.24, 2.45) is 0 Å². The lowest BCUT2D eigenvalue weighted by atomic mass is 10.1. The van der Waals surface area contributed by atoms with Crippen LogP contribution in [0.25, 0.3) is 0 Å². The lowest BCUT2D eigenvalue weighted by molar-refractivity contribution is 0.600. The van der Waals surface area contributed by atoms with Gasteiger partial charge in [0, 0.05) is 5.69 Å². The first-order chi connectivity index (χ1) is 9.44. The van der Waals surface area contributed by atoms with E-state index in [1.807, 2.05) is 6.92 Å². The molecule has 3 N–H and O–H groups in total. The zero-order valence-electron chi connectivity index (χ0n) is 10.9. The van der Waals surface area contributed by atoms with Crippen molar-refractivity contribution < 1.29 is 8.42 Å². The van der Waals surface area contributed by atoms with E-state index in [9.17, 15) is 8.42 Å². The molecule has 0 atom stereocenters. The highest BCUT2D eigenvalue weighted by molar-refractivity contribution is 7.92. The molecule has 0 aliphatic carbocycles. The van der Waals surface area contributed by atoms with Gasteiger partial charge in [0.2, 0.25) is 0 Å². The third-order valence-electron chi connectivity index (χ3n) is 2.88. The zero-order valence-corrected chi connectivity index (χ0v) is 12.5. The standard InChI is InChI=1S/C14H15ClN2O2S/c1-2-10-7-8-11(16)9-14(10)20(18,19)17-13-6-4-3-5-12(13)15/h3-9,17H,2,16H2,1H3. The first kappa shape index (κ1) is 14.7. The van der Waals surface area contributed by atoms with Gasteiger partial charge in [-0.05, 0) is 36.2 Å². The molecular formula is C14H15ClN2O2S. The van der Waals surface area contributed by atoms with Crippen LogP contribution in [0.3, 0.4) is 0 Å². The Morgan fingerprint density at radius 2 is 1.90 bits per heavy atom. The minimum absolute atomic E-state index is 0.180. The van der Waals surface area contributed by atoms with Crippen molar-refractivity contribution in [2.45, 2.75) is 18.2 Å². The third-order valence-corrected chi connectivity index (χ3v) is 4.66. The number of rotatable bonds is 4. The molecule has 0 amide bonds. The molecule has 0 spiro atoms. The number of para-hydroxylation sites is 1. The van der Waals surface area contributed by atoms with Crippen molar-refractivity contribution in [3.8, 4) is 0 Å². The molecule has 0 aliphatic heterocycles. The lowest BCUT2D eigenvalue weighted by Crippen LogP contribution is -2.15. The number of nitrogen functional groups attached to an aromatic ring is 1. The highest BCUT2D eigenvalue weighted by Crippen LogP contribution is 2.26. The summed E-state index contributed by atoms with van der Waals surface area (Å²) in [6.45, 7) is 1.89. The van der Waals surface area contributed by atoms with Crippen LogP contribution in [0, 0.1) is 0 Å². The Kier molecular flexibility index (Phi) is 4.20. The molecule has 0 heterocycles. The molecule has 20 heavy (non-hydrogen) atoms. The van der Waals surface area contributed by atoms with Crippen molar-refractivity contribution in [3.05, 3.63) is 53.1 Å². The summed E-state index contributed by atoms with van der Waals surface area (Å²) in [5.41, 5.74) is 7.14. The Balaban J connectivity index is 2.46. The van der Waals surface area contributed by atoms with E-state index in [4.69, 9.17) is 17.3 Å². The van der Waals surface area contributed by atoms with Gasteiger partial charge in [-0.3, -0.25) is 4.72 Å². The second-order valence-corrected chi connectivity index (χ2v) is 6.36. The number of hydrogen-bond donors (Lipinski definition) is 2. The molecule has 2 rings (SSSR count). The molecule has 0 saturated heterocycles. The Hall–Kier alpha value is -1.72. The second-order valence-electron chi connectivity index (χ2n) is 4.31. The minimum atomic E-state index is -3.72. The molecule has 6 heteroatoms. The van der Waals surface area contributed by atoms with Gasteiger partial charge >= 0.3 is 0 Å². The predicted octanol–water partition coefficient (Wildman–Crippen LogP) is 3.29. The SMILES string of the molecule is CCc1ccc(N)cc1S(=O)(=O)Nc1ccccc1Cl. The molecule has 0 aromatic heterocycles. The Bertz CT molecular complexity index is 730. The molecule has 0 bridgehead atoms. The molecule has 0 saturated carbocycles. The Morgan fingerprint density at radius 3 is 2.55 bits per heavy atom. The summed E-state index contributed by atoms with van der Waals surface area (Å²) in [6, 6.07) is 11.5. The molecule has 0 fully saturated rings. The fourth-order valence-electron chi connectivity index (χ4n) is 1.86. The summed E-state index contributed by atoms with van der Waals surface area (Å²) in [7, 11) is -3.72. The van der Waals surface area contributed by atoms with Crippen molar-refractivity contribution in [1.82, 2.24) is 0 Å². The molecule has 2 aromatic rings.